The molecule has 1 fully saturated rings. The summed E-state index contributed by atoms with van der Waals surface area (Å²) in [6.45, 7) is 8.72. The average molecular weight is 278 g/mol. The highest BCUT2D eigenvalue weighted by atomic mass is 16.7. The molecule has 0 aromatic heterocycles. The van der Waals surface area contributed by atoms with Crippen LogP contribution in [0.4, 0.5) is 0 Å². The smallest absolute Gasteiger partial charge is 0.313 e. The number of ether oxygens (including phenoxy) is 3. The molecule has 1 saturated heterocycles. The van der Waals surface area contributed by atoms with Crippen molar-refractivity contribution in [3.63, 3.8) is 0 Å². The van der Waals surface area contributed by atoms with Crippen molar-refractivity contribution in [2.75, 3.05) is 13.2 Å². The Bertz CT molecular complexity index is 452. The van der Waals surface area contributed by atoms with E-state index in [1.54, 1.807) is 0 Å². The summed E-state index contributed by atoms with van der Waals surface area (Å²) in [4.78, 5) is 12.0. The molecule has 0 spiro atoms. The van der Waals surface area contributed by atoms with Gasteiger partial charge in [0.2, 0.25) is 0 Å². The van der Waals surface area contributed by atoms with Gasteiger partial charge in [-0.2, -0.15) is 0 Å². The van der Waals surface area contributed by atoms with Gasteiger partial charge < -0.3 is 14.2 Å². The third-order valence-corrected chi connectivity index (χ3v) is 3.09. The van der Waals surface area contributed by atoms with Gasteiger partial charge in [0.1, 0.15) is 5.60 Å². The molecule has 20 heavy (non-hydrogen) atoms. The fourth-order valence-electron chi connectivity index (χ4n) is 2.02. The van der Waals surface area contributed by atoms with Crippen LogP contribution in [0.3, 0.4) is 0 Å². The molecule has 4 heteroatoms. The van der Waals surface area contributed by atoms with Gasteiger partial charge in [-0.25, -0.2) is 0 Å². The van der Waals surface area contributed by atoms with E-state index in [-0.39, 0.29) is 18.2 Å². The van der Waals surface area contributed by atoms with E-state index in [1.165, 1.54) is 0 Å². The van der Waals surface area contributed by atoms with Gasteiger partial charge in [-0.1, -0.05) is 24.3 Å². The van der Waals surface area contributed by atoms with Crippen LogP contribution >= 0.6 is 0 Å². The monoisotopic (exact) mass is 278 g/mol. The van der Waals surface area contributed by atoms with Crippen LogP contribution in [0.2, 0.25) is 0 Å². The Kier molecular flexibility index (Phi) is 4.45. The zero-order valence-corrected chi connectivity index (χ0v) is 12.5. The summed E-state index contributed by atoms with van der Waals surface area (Å²) in [7, 11) is 0. The Labute approximate surface area is 120 Å². The van der Waals surface area contributed by atoms with E-state index < -0.39 is 5.60 Å². The van der Waals surface area contributed by atoms with Crippen molar-refractivity contribution in [3.05, 3.63) is 35.4 Å². The summed E-state index contributed by atoms with van der Waals surface area (Å²) in [5, 5.41) is 0. The number of carbonyl (C=O) groups excluding carboxylic acids is 1. The fourth-order valence-corrected chi connectivity index (χ4v) is 2.02. The number of hydrogen-bond donors (Lipinski definition) is 0. The molecule has 1 aliphatic heterocycles. The van der Waals surface area contributed by atoms with E-state index in [0.717, 1.165) is 11.1 Å². The first-order chi connectivity index (χ1) is 9.37. The molecule has 2 rings (SSSR count). The summed E-state index contributed by atoms with van der Waals surface area (Å²) in [5.41, 5.74) is 1.44. The van der Waals surface area contributed by atoms with Gasteiger partial charge in [-0.15, -0.1) is 0 Å². The van der Waals surface area contributed by atoms with Crippen LogP contribution in [0.15, 0.2) is 24.3 Å². The maximum absolute atomic E-state index is 12.0. The van der Waals surface area contributed by atoms with Gasteiger partial charge in [0.15, 0.2) is 6.29 Å². The Morgan fingerprint density at radius 2 is 1.75 bits per heavy atom. The third-order valence-electron chi connectivity index (χ3n) is 3.09. The molecule has 0 N–H and O–H groups in total. The van der Waals surface area contributed by atoms with Gasteiger partial charge >= 0.3 is 5.97 Å². The number of rotatable bonds is 3. The minimum atomic E-state index is -0.461. The van der Waals surface area contributed by atoms with Gasteiger partial charge in [0.05, 0.1) is 19.1 Å². The van der Waals surface area contributed by atoms with Crippen molar-refractivity contribution < 1.29 is 19.0 Å². The molecule has 0 radical (unpaired) electrons. The van der Waals surface area contributed by atoms with Crippen LogP contribution in [0, 0.1) is 0 Å². The second-order valence-electron chi connectivity index (χ2n) is 6.00. The number of benzene rings is 1. The summed E-state index contributed by atoms with van der Waals surface area (Å²) in [6.07, 6.45) is -0.277. The first-order valence-corrected chi connectivity index (χ1v) is 6.93. The first kappa shape index (κ1) is 15.0. The van der Waals surface area contributed by atoms with Crippen molar-refractivity contribution >= 4 is 5.97 Å². The van der Waals surface area contributed by atoms with E-state index in [1.807, 2.05) is 52.0 Å². The Morgan fingerprint density at radius 3 is 2.25 bits per heavy atom. The third kappa shape index (κ3) is 3.81. The molecule has 4 nitrogen and oxygen atoms in total. The zero-order chi connectivity index (χ0) is 14.8. The Balaban J connectivity index is 2.03. The quantitative estimate of drug-likeness (QED) is 0.797. The number of carbonyl (C=O) groups is 1. The van der Waals surface area contributed by atoms with Gasteiger partial charge in [0, 0.05) is 5.56 Å². The minimum absolute atomic E-state index is 0.210. The van der Waals surface area contributed by atoms with Gasteiger partial charge in [-0.3, -0.25) is 4.79 Å². The molecule has 110 valence electrons. The highest BCUT2D eigenvalue weighted by Gasteiger charge is 2.24. The van der Waals surface area contributed by atoms with Crippen LogP contribution in [-0.4, -0.2) is 24.8 Å². The summed E-state index contributed by atoms with van der Waals surface area (Å²) >= 11 is 0. The van der Waals surface area contributed by atoms with Crippen molar-refractivity contribution in [1.29, 1.82) is 0 Å². The lowest BCUT2D eigenvalue weighted by molar-refractivity contribution is -0.156. The lowest BCUT2D eigenvalue weighted by Crippen LogP contribution is -2.26. The van der Waals surface area contributed by atoms with E-state index in [2.05, 4.69) is 0 Å². The molecule has 0 aliphatic carbocycles. The van der Waals surface area contributed by atoms with E-state index in [9.17, 15) is 4.79 Å². The van der Waals surface area contributed by atoms with Crippen LogP contribution in [0.5, 0.6) is 0 Å². The molecular formula is C16H22O4. The summed E-state index contributed by atoms with van der Waals surface area (Å²) in [6, 6.07) is 7.72. The molecule has 1 aromatic carbocycles. The van der Waals surface area contributed by atoms with E-state index in [0.29, 0.717) is 13.2 Å². The maximum atomic E-state index is 12.0. The average Bonchev–Trinajstić information content (AvgIpc) is 2.90. The van der Waals surface area contributed by atoms with Crippen molar-refractivity contribution in [1.82, 2.24) is 0 Å². The normalized spacial score (nSPS) is 18.0. The minimum Gasteiger partial charge on any atom is -0.460 e. The molecule has 0 unspecified atom stereocenters. The van der Waals surface area contributed by atoms with Crippen molar-refractivity contribution in [3.8, 4) is 0 Å². The first-order valence-electron chi connectivity index (χ1n) is 6.93. The SMILES string of the molecule is C[C@@H](C(=O)OC(C)(C)C)c1ccc(C2OCCO2)cc1. The molecule has 1 heterocycles. The largest absolute Gasteiger partial charge is 0.460 e. The lowest BCUT2D eigenvalue weighted by atomic mass is 9.99. The van der Waals surface area contributed by atoms with Crippen LogP contribution in [0.25, 0.3) is 0 Å². The zero-order valence-electron chi connectivity index (χ0n) is 12.5. The lowest BCUT2D eigenvalue weighted by Gasteiger charge is -2.22. The Morgan fingerprint density at radius 1 is 1.20 bits per heavy atom. The summed E-state index contributed by atoms with van der Waals surface area (Å²) < 4.78 is 16.3. The predicted molar refractivity (Wildman–Crippen MR) is 75.3 cm³/mol. The van der Waals surface area contributed by atoms with Crippen LogP contribution in [0.1, 0.15) is 51.0 Å². The highest BCUT2D eigenvalue weighted by Crippen LogP contribution is 2.26. The number of hydrogen-bond acceptors (Lipinski definition) is 4. The molecule has 1 aromatic rings. The van der Waals surface area contributed by atoms with E-state index in [4.69, 9.17) is 14.2 Å². The number of esters is 1. The van der Waals surface area contributed by atoms with Crippen molar-refractivity contribution in [2.45, 2.75) is 45.5 Å². The van der Waals surface area contributed by atoms with Gasteiger partial charge in [-0.05, 0) is 33.3 Å². The van der Waals surface area contributed by atoms with Crippen LogP contribution < -0.4 is 0 Å². The topological polar surface area (TPSA) is 44.8 Å². The van der Waals surface area contributed by atoms with Crippen molar-refractivity contribution in [2.24, 2.45) is 0 Å². The molecule has 1 atom stereocenters. The fraction of sp³-hybridized carbons (Fsp3) is 0.562. The van der Waals surface area contributed by atoms with E-state index >= 15 is 0 Å². The standard InChI is InChI=1S/C16H22O4/c1-11(14(17)20-16(2,3)4)12-5-7-13(8-6-12)15-18-9-10-19-15/h5-8,11,15H,9-10H2,1-4H3/t11-/m1/s1. The molecule has 0 bridgehead atoms. The predicted octanol–water partition coefficient (Wildman–Crippen LogP) is 3.18. The van der Waals surface area contributed by atoms with Gasteiger partial charge in [0.25, 0.3) is 0 Å². The molecular weight excluding hydrogens is 256 g/mol. The second-order valence-corrected chi connectivity index (χ2v) is 6.00. The van der Waals surface area contributed by atoms with Crippen LogP contribution in [-0.2, 0) is 19.0 Å². The summed E-state index contributed by atoms with van der Waals surface area (Å²) in [5.74, 6) is -0.493. The highest BCUT2D eigenvalue weighted by molar-refractivity contribution is 5.78. The Hall–Kier alpha value is -1.39. The maximum Gasteiger partial charge on any atom is 0.313 e. The molecule has 0 saturated carbocycles. The second kappa shape index (κ2) is 5.94. The molecule has 0 amide bonds. The molecule has 1 aliphatic rings.